The summed E-state index contributed by atoms with van der Waals surface area (Å²) in [4.78, 5) is 14.2. The highest BCUT2D eigenvalue weighted by Gasteiger charge is 2.29. The molecule has 0 saturated carbocycles. The summed E-state index contributed by atoms with van der Waals surface area (Å²) in [5, 5.41) is 15.7. The van der Waals surface area contributed by atoms with Crippen LogP contribution in [0.3, 0.4) is 0 Å². The Balaban J connectivity index is 1.30. The van der Waals surface area contributed by atoms with Crippen LogP contribution in [0.15, 0.2) is 24.3 Å². The van der Waals surface area contributed by atoms with Gasteiger partial charge in [-0.3, -0.25) is 4.79 Å². The smallest absolute Gasteiger partial charge is 0.223 e. The molecule has 0 spiro atoms. The number of fused-ring (bicyclic) bond motifs is 1. The molecule has 1 aliphatic carbocycles. The second-order valence-electron chi connectivity index (χ2n) is 6.36. The normalized spacial score (nSPS) is 18.6. The number of nitrogens with one attached hydrogen (secondary N) is 1. The minimum Gasteiger partial charge on any atom is -0.355 e. The minimum absolute atomic E-state index is 0.145. The highest BCUT2D eigenvalue weighted by atomic mass is 16.1. The summed E-state index contributed by atoms with van der Waals surface area (Å²) in [6, 6.07) is 3.91. The van der Waals surface area contributed by atoms with Gasteiger partial charge >= 0.3 is 0 Å². The number of aryl methyl sites for hydroxylation is 1. The summed E-state index contributed by atoms with van der Waals surface area (Å²) in [5.41, 5.74) is 0.765. The standard InChI is InChI=1S/C16H20N6O/c1-11-18-19-14-6-7-15(20-22(11)14)21-9-12(10-21)8-17-16(23)13-4-2-3-5-13/h2-3,6-7,12-13H,4-5,8-10H2,1H3,(H,17,23). The number of hydrogen-bond acceptors (Lipinski definition) is 5. The molecule has 3 heterocycles. The predicted octanol–water partition coefficient (Wildman–Crippen LogP) is 0.951. The minimum atomic E-state index is 0.145. The van der Waals surface area contributed by atoms with Gasteiger partial charge in [0.25, 0.3) is 0 Å². The van der Waals surface area contributed by atoms with Gasteiger partial charge in [0.05, 0.1) is 0 Å². The Morgan fingerprint density at radius 3 is 2.83 bits per heavy atom. The molecule has 1 fully saturated rings. The van der Waals surface area contributed by atoms with Crippen LogP contribution in [-0.4, -0.2) is 45.4 Å². The Bertz CT molecular complexity index is 753. The van der Waals surface area contributed by atoms with Crippen molar-refractivity contribution in [1.29, 1.82) is 0 Å². The van der Waals surface area contributed by atoms with Crippen LogP contribution < -0.4 is 10.2 Å². The average molecular weight is 312 g/mol. The van der Waals surface area contributed by atoms with Crippen molar-refractivity contribution in [2.75, 3.05) is 24.5 Å². The van der Waals surface area contributed by atoms with E-state index in [1.54, 1.807) is 4.52 Å². The molecule has 1 aliphatic heterocycles. The summed E-state index contributed by atoms with van der Waals surface area (Å²) < 4.78 is 1.76. The average Bonchev–Trinajstić information content (AvgIpc) is 3.16. The molecule has 2 aromatic heterocycles. The second-order valence-corrected chi connectivity index (χ2v) is 6.36. The third-order valence-electron chi connectivity index (χ3n) is 4.63. The van der Waals surface area contributed by atoms with Crippen molar-refractivity contribution < 1.29 is 4.79 Å². The van der Waals surface area contributed by atoms with E-state index in [1.807, 2.05) is 19.1 Å². The number of aromatic nitrogens is 4. The Morgan fingerprint density at radius 1 is 1.26 bits per heavy atom. The lowest BCUT2D eigenvalue weighted by Crippen LogP contribution is -2.52. The van der Waals surface area contributed by atoms with E-state index in [1.165, 1.54) is 0 Å². The van der Waals surface area contributed by atoms with E-state index in [4.69, 9.17) is 0 Å². The SMILES string of the molecule is Cc1nnc2ccc(N3CC(CNC(=O)C4CC=CC4)C3)nn12. The van der Waals surface area contributed by atoms with Gasteiger partial charge in [0.2, 0.25) is 5.91 Å². The van der Waals surface area contributed by atoms with E-state index in [2.05, 4.69) is 37.7 Å². The lowest BCUT2D eigenvalue weighted by atomic mass is 9.99. The Labute approximate surface area is 134 Å². The summed E-state index contributed by atoms with van der Waals surface area (Å²) in [6.45, 7) is 4.48. The van der Waals surface area contributed by atoms with Crippen LogP contribution >= 0.6 is 0 Å². The maximum Gasteiger partial charge on any atom is 0.223 e. The highest BCUT2D eigenvalue weighted by molar-refractivity contribution is 5.79. The Morgan fingerprint density at radius 2 is 2.04 bits per heavy atom. The summed E-state index contributed by atoms with van der Waals surface area (Å²) in [7, 11) is 0. The zero-order valence-electron chi connectivity index (χ0n) is 13.1. The van der Waals surface area contributed by atoms with Crippen molar-refractivity contribution in [2.24, 2.45) is 11.8 Å². The van der Waals surface area contributed by atoms with Crippen LogP contribution in [0.25, 0.3) is 5.65 Å². The summed E-state index contributed by atoms with van der Waals surface area (Å²) in [6.07, 6.45) is 5.93. The van der Waals surface area contributed by atoms with Crippen LogP contribution in [0.1, 0.15) is 18.7 Å². The fraction of sp³-hybridized carbons (Fsp3) is 0.500. The monoisotopic (exact) mass is 312 g/mol. The molecule has 1 amide bonds. The van der Waals surface area contributed by atoms with Crippen molar-refractivity contribution in [3.05, 3.63) is 30.1 Å². The molecule has 0 unspecified atom stereocenters. The number of allylic oxidation sites excluding steroid dienone is 2. The van der Waals surface area contributed by atoms with Crippen LogP contribution in [-0.2, 0) is 4.79 Å². The molecule has 7 nitrogen and oxygen atoms in total. The lowest BCUT2D eigenvalue weighted by Gasteiger charge is -2.40. The summed E-state index contributed by atoms with van der Waals surface area (Å²) in [5.74, 6) is 2.55. The molecule has 120 valence electrons. The zero-order valence-corrected chi connectivity index (χ0v) is 13.1. The quantitative estimate of drug-likeness (QED) is 0.851. The van der Waals surface area contributed by atoms with E-state index in [-0.39, 0.29) is 11.8 Å². The van der Waals surface area contributed by atoms with Gasteiger partial charge in [0.1, 0.15) is 5.82 Å². The van der Waals surface area contributed by atoms with Gasteiger partial charge in [-0.15, -0.1) is 15.3 Å². The lowest BCUT2D eigenvalue weighted by molar-refractivity contribution is -0.124. The van der Waals surface area contributed by atoms with Gasteiger partial charge in [-0.1, -0.05) is 12.2 Å². The molecule has 0 bridgehead atoms. The van der Waals surface area contributed by atoms with E-state index in [9.17, 15) is 4.79 Å². The van der Waals surface area contributed by atoms with E-state index in [0.29, 0.717) is 5.92 Å². The van der Waals surface area contributed by atoms with Crippen molar-refractivity contribution >= 4 is 17.4 Å². The zero-order chi connectivity index (χ0) is 15.8. The first-order valence-corrected chi connectivity index (χ1v) is 8.07. The van der Waals surface area contributed by atoms with Crippen LogP contribution in [0.4, 0.5) is 5.82 Å². The largest absolute Gasteiger partial charge is 0.355 e. The number of carbonyl (C=O) groups excluding carboxylic acids is 1. The highest BCUT2D eigenvalue weighted by Crippen LogP contribution is 2.23. The third-order valence-corrected chi connectivity index (χ3v) is 4.63. The topological polar surface area (TPSA) is 75.4 Å². The third kappa shape index (κ3) is 2.67. The molecule has 0 atom stereocenters. The molecule has 23 heavy (non-hydrogen) atoms. The fourth-order valence-corrected chi connectivity index (χ4v) is 3.16. The molecule has 1 N–H and O–H groups in total. The maximum absolute atomic E-state index is 12.0. The van der Waals surface area contributed by atoms with Gasteiger partial charge in [0.15, 0.2) is 11.5 Å². The van der Waals surface area contributed by atoms with Gasteiger partial charge in [-0.05, 0) is 31.9 Å². The molecule has 0 aromatic carbocycles. The van der Waals surface area contributed by atoms with Gasteiger partial charge in [-0.25, -0.2) is 0 Å². The number of carbonyl (C=O) groups is 1. The maximum atomic E-state index is 12.0. The Hall–Kier alpha value is -2.44. The molecule has 2 aromatic rings. The molecule has 4 rings (SSSR count). The molecular weight excluding hydrogens is 292 g/mol. The first-order chi connectivity index (χ1) is 11.2. The number of amides is 1. The van der Waals surface area contributed by atoms with Gasteiger partial charge in [0, 0.05) is 31.5 Å². The first-order valence-electron chi connectivity index (χ1n) is 8.07. The number of nitrogens with zero attached hydrogens (tertiary/aromatic N) is 5. The molecule has 2 aliphatic rings. The van der Waals surface area contributed by atoms with Crippen LogP contribution in [0.5, 0.6) is 0 Å². The fourth-order valence-electron chi connectivity index (χ4n) is 3.16. The molecular formula is C16H20N6O. The molecule has 1 saturated heterocycles. The Kier molecular flexibility index (Phi) is 3.48. The second kappa shape index (κ2) is 5.64. The summed E-state index contributed by atoms with van der Waals surface area (Å²) >= 11 is 0. The van der Waals surface area contributed by atoms with E-state index < -0.39 is 0 Å². The predicted molar refractivity (Wildman–Crippen MR) is 86.1 cm³/mol. The van der Waals surface area contributed by atoms with Gasteiger partial charge < -0.3 is 10.2 Å². The van der Waals surface area contributed by atoms with Crippen LogP contribution in [0, 0.1) is 18.8 Å². The van der Waals surface area contributed by atoms with E-state index in [0.717, 1.165) is 49.8 Å². The molecule has 0 radical (unpaired) electrons. The van der Waals surface area contributed by atoms with Crippen molar-refractivity contribution in [3.63, 3.8) is 0 Å². The number of hydrogen-bond donors (Lipinski definition) is 1. The van der Waals surface area contributed by atoms with Crippen molar-refractivity contribution in [2.45, 2.75) is 19.8 Å². The number of rotatable bonds is 4. The van der Waals surface area contributed by atoms with Gasteiger partial charge in [-0.2, -0.15) is 4.52 Å². The van der Waals surface area contributed by atoms with Crippen molar-refractivity contribution in [3.8, 4) is 0 Å². The number of anilines is 1. The molecule has 7 heteroatoms. The first kappa shape index (κ1) is 14.2. The van der Waals surface area contributed by atoms with Crippen LogP contribution in [0.2, 0.25) is 0 Å². The van der Waals surface area contributed by atoms with Crippen molar-refractivity contribution in [1.82, 2.24) is 25.1 Å². The van der Waals surface area contributed by atoms with E-state index >= 15 is 0 Å².